The van der Waals surface area contributed by atoms with Crippen molar-refractivity contribution in [3.8, 4) is 0 Å². The minimum atomic E-state index is -0.659. The summed E-state index contributed by atoms with van der Waals surface area (Å²) >= 11 is 2.62. The summed E-state index contributed by atoms with van der Waals surface area (Å²) in [5.74, 6) is -0.793. The Morgan fingerprint density at radius 3 is 2.90 bits per heavy atom. The topological polar surface area (TPSA) is 37.3 Å². The zero-order valence-corrected chi connectivity index (χ0v) is 6.86. The summed E-state index contributed by atoms with van der Waals surface area (Å²) in [6.07, 6.45) is 4.41. The van der Waals surface area contributed by atoms with Crippen LogP contribution in [0.2, 0.25) is 0 Å². The molecule has 1 aliphatic rings. The number of allylic oxidation sites excluding steroid dienone is 2. The van der Waals surface area contributed by atoms with Crippen LogP contribution in [0.4, 0.5) is 0 Å². The van der Waals surface area contributed by atoms with Gasteiger partial charge >= 0.3 is 5.97 Å². The van der Waals surface area contributed by atoms with Gasteiger partial charge in [-0.15, -0.1) is 6.08 Å². The van der Waals surface area contributed by atoms with Crippen LogP contribution in [0.25, 0.3) is 0 Å². The number of rotatable bonds is 1. The first-order valence-corrected chi connectivity index (χ1v) is 3.95. The summed E-state index contributed by atoms with van der Waals surface area (Å²) < 4.78 is 1.25. The van der Waals surface area contributed by atoms with E-state index in [0.29, 0.717) is 6.42 Å². The highest BCUT2D eigenvalue weighted by atomic mass is 27.0. The lowest BCUT2D eigenvalue weighted by atomic mass is 9.94. The van der Waals surface area contributed by atoms with Gasteiger partial charge in [0.25, 0.3) is 0 Å². The molecule has 1 atom stereocenters. The third kappa shape index (κ3) is 1.86. The van der Waals surface area contributed by atoms with Crippen LogP contribution in [0.5, 0.6) is 0 Å². The van der Waals surface area contributed by atoms with Crippen molar-refractivity contribution in [2.24, 2.45) is 5.92 Å². The van der Waals surface area contributed by atoms with Gasteiger partial charge in [-0.1, -0.05) is 0 Å². The van der Waals surface area contributed by atoms with E-state index in [0.717, 1.165) is 12.8 Å². The van der Waals surface area contributed by atoms with Crippen LogP contribution in [0.1, 0.15) is 19.3 Å². The zero-order chi connectivity index (χ0) is 7.56. The second-order valence-electron chi connectivity index (χ2n) is 2.59. The number of hydrogen-bond acceptors (Lipinski definition) is 1. The SMILES string of the molecule is O=C(O)C1CC=[C]([Al])CC1. The van der Waals surface area contributed by atoms with Gasteiger partial charge in [-0.2, -0.15) is 4.44 Å². The molecule has 52 valence electrons. The summed E-state index contributed by atoms with van der Waals surface area (Å²) in [7, 11) is 0. The monoisotopic (exact) mass is 152 g/mol. The van der Waals surface area contributed by atoms with Crippen molar-refractivity contribution in [1.29, 1.82) is 0 Å². The average Bonchev–Trinajstić information content (AvgIpc) is 1.88. The molecule has 3 heteroatoms. The fourth-order valence-corrected chi connectivity index (χ4v) is 1.38. The highest BCUT2D eigenvalue weighted by Crippen LogP contribution is 2.21. The lowest BCUT2D eigenvalue weighted by Crippen LogP contribution is -2.15. The molecule has 2 radical (unpaired) electrons. The first-order chi connectivity index (χ1) is 4.70. The summed E-state index contributed by atoms with van der Waals surface area (Å²) in [6, 6.07) is 0. The van der Waals surface area contributed by atoms with Gasteiger partial charge in [0.1, 0.15) is 0 Å². The fraction of sp³-hybridized carbons (Fsp3) is 0.571. The lowest BCUT2D eigenvalue weighted by Gasteiger charge is -2.16. The van der Waals surface area contributed by atoms with Gasteiger partial charge in [0.2, 0.25) is 0 Å². The Morgan fingerprint density at radius 1 is 1.80 bits per heavy atom. The van der Waals surface area contributed by atoms with Gasteiger partial charge in [0, 0.05) is 0 Å². The quantitative estimate of drug-likeness (QED) is 0.567. The van der Waals surface area contributed by atoms with Gasteiger partial charge in [-0.25, -0.2) is 0 Å². The number of carboxylic acids is 1. The van der Waals surface area contributed by atoms with Crippen molar-refractivity contribution < 1.29 is 9.90 Å². The van der Waals surface area contributed by atoms with Crippen LogP contribution < -0.4 is 0 Å². The minimum absolute atomic E-state index is 0.135. The molecule has 0 bridgehead atoms. The molecular formula is C7H9AlO2. The number of carboxylic acid groups (broad SMARTS) is 1. The first kappa shape index (κ1) is 7.85. The van der Waals surface area contributed by atoms with E-state index in [-0.39, 0.29) is 5.92 Å². The zero-order valence-electron chi connectivity index (χ0n) is 5.71. The van der Waals surface area contributed by atoms with Crippen LogP contribution in [-0.2, 0) is 4.79 Å². The number of hydrogen-bond donors (Lipinski definition) is 1. The summed E-state index contributed by atoms with van der Waals surface area (Å²) in [4.78, 5) is 10.4. The first-order valence-electron chi connectivity index (χ1n) is 3.37. The van der Waals surface area contributed by atoms with Crippen molar-refractivity contribution >= 4 is 22.3 Å². The molecule has 0 amide bonds. The molecule has 0 aliphatic heterocycles. The van der Waals surface area contributed by atoms with Crippen LogP contribution in [-0.4, -0.2) is 27.4 Å². The van der Waals surface area contributed by atoms with E-state index in [9.17, 15) is 4.79 Å². The second kappa shape index (κ2) is 3.23. The molecule has 0 aromatic rings. The number of aliphatic carboxylic acids is 1. The Hall–Kier alpha value is -0.258. The molecule has 2 nitrogen and oxygen atoms in total. The van der Waals surface area contributed by atoms with Gasteiger partial charge in [-0.05, 0) is 19.3 Å². The van der Waals surface area contributed by atoms with Crippen molar-refractivity contribution in [3.63, 3.8) is 0 Å². The maximum absolute atomic E-state index is 10.4. The maximum atomic E-state index is 10.4. The normalized spacial score (nSPS) is 25.6. The summed E-state index contributed by atoms with van der Waals surface area (Å²) in [5.41, 5.74) is 0. The van der Waals surface area contributed by atoms with Crippen molar-refractivity contribution in [3.05, 3.63) is 10.5 Å². The van der Waals surface area contributed by atoms with Crippen molar-refractivity contribution in [2.75, 3.05) is 0 Å². The second-order valence-corrected chi connectivity index (χ2v) is 3.33. The Bertz CT molecular complexity index is 174. The third-order valence-corrected chi connectivity index (χ3v) is 2.32. The van der Waals surface area contributed by atoms with E-state index < -0.39 is 5.97 Å². The molecule has 0 heterocycles. The largest absolute Gasteiger partial charge is 0.481 e. The van der Waals surface area contributed by atoms with Crippen LogP contribution in [0.3, 0.4) is 0 Å². The van der Waals surface area contributed by atoms with Gasteiger partial charge < -0.3 is 5.11 Å². The predicted molar refractivity (Wildman–Crippen MR) is 38.8 cm³/mol. The highest BCUT2D eigenvalue weighted by Gasteiger charge is 2.18. The molecule has 1 unspecified atom stereocenters. The van der Waals surface area contributed by atoms with Crippen molar-refractivity contribution in [2.45, 2.75) is 19.3 Å². The highest BCUT2D eigenvalue weighted by molar-refractivity contribution is 6.21. The molecular weight excluding hydrogens is 143 g/mol. The summed E-state index contributed by atoms with van der Waals surface area (Å²) in [5, 5.41) is 8.59. The molecule has 0 aromatic carbocycles. The molecule has 0 saturated heterocycles. The van der Waals surface area contributed by atoms with Crippen molar-refractivity contribution in [1.82, 2.24) is 0 Å². The molecule has 0 saturated carbocycles. The van der Waals surface area contributed by atoms with E-state index in [1.165, 1.54) is 4.44 Å². The minimum Gasteiger partial charge on any atom is -0.481 e. The molecule has 1 N–H and O–H groups in total. The standard InChI is InChI=1S/C7H9O2.Al/c8-7(9)6-4-2-1-3-5-6;/h2,6H,3-5H2,(H,8,9);. The third-order valence-electron chi connectivity index (χ3n) is 1.80. The fourth-order valence-electron chi connectivity index (χ4n) is 1.08. The molecule has 0 fully saturated rings. The lowest BCUT2D eigenvalue weighted by molar-refractivity contribution is -0.141. The smallest absolute Gasteiger partial charge is 0.306 e. The molecule has 0 aromatic heterocycles. The van der Waals surface area contributed by atoms with E-state index in [2.05, 4.69) is 16.3 Å². The molecule has 1 rings (SSSR count). The van der Waals surface area contributed by atoms with E-state index in [1.807, 2.05) is 6.08 Å². The maximum Gasteiger partial charge on any atom is 0.306 e. The van der Waals surface area contributed by atoms with Crippen LogP contribution in [0, 0.1) is 5.92 Å². The van der Waals surface area contributed by atoms with Crippen LogP contribution >= 0.6 is 0 Å². The van der Waals surface area contributed by atoms with E-state index in [1.54, 1.807) is 0 Å². The number of carbonyl (C=O) groups is 1. The summed E-state index contributed by atoms with van der Waals surface area (Å²) in [6.45, 7) is 0. The van der Waals surface area contributed by atoms with Gasteiger partial charge in [0.15, 0.2) is 16.3 Å². The molecule has 1 aliphatic carbocycles. The molecule has 0 spiro atoms. The predicted octanol–water partition coefficient (Wildman–Crippen LogP) is 0.923. The van der Waals surface area contributed by atoms with Gasteiger partial charge in [0.05, 0.1) is 5.92 Å². The van der Waals surface area contributed by atoms with Gasteiger partial charge in [-0.3, -0.25) is 4.79 Å². The Kier molecular flexibility index (Phi) is 2.53. The van der Waals surface area contributed by atoms with E-state index in [4.69, 9.17) is 5.11 Å². The van der Waals surface area contributed by atoms with Crippen LogP contribution in [0.15, 0.2) is 10.5 Å². The Morgan fingerprint density at radius 2 is 2.50 bits per heavy atom. The Balaban J connectivity index is 2.50. The Labute approximate surface area is 68.4 Å². The molecule has 10 heavy (non-hydrogen) atoms. The average molecular weight is 152 g/mol. The van der Waals surface area contributed by atoms with E-state index >= 15 is 0 Å².